The summed E-state index contributed by atoms with van der Waals surface area (Å²) >= 11 is 0. The van der Waals surface area contributed by atoms with Crippen LogP contribution in [0, 0.1) is 0 Å². The molecule has 0 bridgehead atoms. The quantitative estimate of drug-likeness (QED) is 0.641. The second-order valence-corrected chi connectivity index (χ2v) is 3.84. The normalized spacial score (nSPS) is 14.9. The molecule has 0 saturated carbocycles. The van der Waals surface area contributed by atoms with Gasteiger partial charge in [0.25, 0.3) is 0 Å². The Morgan fingerprint density at radius 3 is 2.53 bits per heavy atom. The Morgan fingerprint density at radius 1 is 1.27 bits per heavy atom. The maximum absolute atomic E-state index is 9.16. The average molecular weight is 209 g/mol. The predicted octanol–water partition coefficient (Wildman–Crippen LogP) is 0.560. The number of hydrogen-bond donors (Lipinski definition) is 3. The number of rotatable bonds is 6. The van der Waals surface area contributed by atoms with Crippen molar-refractivity contribution in [1.82, 2.24) is 5.32 Å². The van der Waals surface area contributed by atoms with Crippen molar-refractivity contribution in [1.29, 1.82) is 0 Å². The zero-order valence-corrected chi connectivity index (χ0v) is 9.06. The van der Waals surface area contributed by atoms with E-state index in [0.29, 0.717) is 12.6 Å². The monoisotopic (exact) mass is 209 g/mol. The van der Waals surface area contributed by atoms with Crippen molar-refractivity contribution in [3.8, 4) is 0 Å². The second kappa shape index (κ2) is 6.56. The van der Waals surface area contributed by atoms with Gasteiger partial charge in [-0.15, -0.1) is 0 Å². The van der Waals surface area contributed by atoms with E-state index in [1.54, 1.807) is 0 Å². The summed E-state index contributed by atoms with van der Waals surface area (Å²) in [6.07, 6.45) is 0.266. The minimum atomic E-state index is -0.664. The topological polar surface area (TPSA) is 52.5 Å². The van der Waals surface area contributed by atoms with Crippen LogP contribution in [0.2, 0.25) is 0 Å². The summed E-state index contributed by atoms with van der Waals surface area (Å²) in [5.74, 6) is 0. The number of hydrogen-bond acceptors (Lipinski definition) is 3. The Balaban J connectivity index is 2.27. The lowest BCUT2D eigenvalue weighted by molar-refractivity contribution is 0.0924. The maximum atomic E-state index is 9.16. The highest BCUT2D eigenvalue weighted by Crippen LogP contribution is 2.02. The number of aliphatic hydroxyl groups is 2. The Labute approximate surface area is 90.8 Å². The lowest BCUT2D eigenvalue weighted by Crippen LogP contribution is -2.36. The van der Waals surface area contributed by atoms with Crippen molar-refractivity contribution in [2.24, 2.45) is 0 Å². The van der Waals surface area contributed by atoms with Crippen LogP contribution in [0.15, 0.2) is 30.3 Å². The smallest absolute Gasteiger partial charge is 0.0895 e. The van der Waals surface area contributed by atoms with Crippen LogP contribution in [0.4, 0.5) is 0 Å². The molecule has 0 aliphatic carbocycles. The Morgan fingerprint density at radius 2 is 1.93 bits per heavy atom. The van der Waals surface area contributed by atoms with E-state index < -0.39 is 6.10 Å². The molecule has 0 amide bonds. The Kier molecular flexibility index (Phi) is 5.32. The molecule has 0 aromatic heterocycles. The van der Waals surface area contributed by atoms with Gasteiger partial charge in [-0.25, -0.2) is 0 Å². The molecule has 0 aliphatic heterocycles. The average Bonchev–Trinajstić information content (AvgIpc) is 2.27. The fourth-order valence-electron chi connectivity index (χ4n) is 1.44. The first-order valence-electron chi connectivity index (χ1n) is 5.28. The molecule has 1 rings (SSSR count). The van der Waals surface area contributed by atoms with Crippen LogP contribution < -0.4 is 5.32 Å². The maximum Gasteiger partial charge on any atom is 0.0895 e. The van der Waals surface area contributed by atoms with Crippen molar-refractivity contribution in [3.63, 3.8) is 0 Å². The lowest BCUT2D eigenvalue weighted by atomic mass is 10.1. The first-order chi connectivity index (χ1) is 7.22. The zero-order valence-electron chi connectivity index (χ0n) is 9.06. The molecule has 3 heteroatoms. The lowest BCUT2D eigenvalue weighted by Gasteiger charge is -2.15. The molecular weight excluding hydrogens is 190 g/mol. The van der Waals surface area contributed by atoms with E-state index in [1.807, 2.05) is 18.2 Å². The van der Waals surface area contributed by atoms with Gasteiger partial charge in [-0.05, 0) is 18.9 Å². The Bertz CT molecular complexity index is 264. The molecule has 0 radical (unpaired) electrons. The van der Waals surface area contributed by atoms with E-state index in [4.69, 9.17) is 10.2 Å². The van der Waals surface area contributed by atoms with Gasteiger partial charge in [0.15, 0.2) is 0 Å². The van der Waals surface area contributed by atoms with Gasteiger partial charge in [-0.3, -0.25) is 0 Å². The van der Waals surface area contributed by atoms with E-state index in [0.717, 1.165) is 6.42 Å². The number of nitrogens with one attached hydrogen (secondary N) is 1. The summed E-state index contributed by atoms with van der Waals surface area (Å²) in [6, 6.07) is 10.5. The molecule has 1 aromatic rings. The van der Waals surface area contributed by atoms with Crippen molar-refractivity contribution >= 4 is 0 Å². The first kappa shape index (κ1) is 12.2. The van der Waals surface area contributed by atoms with Gasteiger partial charge < -0.3 is 15.5 Å². The van der Waals surface area contributed by atoms with Crippen LogP contribution >= 0.6 is 0 Å². The fourth-order valence-corrected chi connectivity index (χ4v) is 1.44. The molecule has 2 atom stereocenters. The van der Waals surface area contributed by atoms with Crippen molar-refractivity contribution in [3.05, 3.63) is 35.9 Å². The van der Waals surface area contributed by atoms with E-state index in [1.165, 1.54) is 5.56 Å². The molecule has 3 N–H and O–H groups in total. The molecule has 0 heterocycles. The molecule has 0 aliphatic rings. The molecule has 3 nitrogen and oxygen atoms in total. The van der Waals surface area contributed by atoms with Gasteiger partial charge >= 0.3 is 0 Å². The number of benzene rings is 1. The van der Waals surface area contributed by atoms with Crippen LogP contribution in [0.1, 0.15) is 12.5 Å². The molecule has 0 saturated heterocycles. The summed E-state index contributed by atoms with van der Waals surface area (Å²) in [6.45, 7) is 2.31. The Hall–Kier alpha value is -0.900. The molecule has 1 aromatic carbocycles. The van der Waals surface area contributed by atoms with Crippen molar-refractivity contribution < 1.29 is 10.2 Å². The summed E-state index contributed by atoms with van der Waals surface area (Å²) in [4.78, 5) is 0. The first-order valence-corrected chi connectivity index (χ1v) is 5.28. The molecule has 1 unspecified atom stereocenters. The van der Waals surface area contributed by atoms with Gasteiger partial charge in [0.1, 0.15) is 0 Å². The van der Waals surface area contributed by atoms with Gasteiger partial charge in [0.2, 0.25) is 0 Å². The number of aliphatic hydroxyl groups excluding tert-OH is 2. The zero-order chi connectivity index (χ0) is 11.1. The highest BCUT2D eigenvalue weighted by atomic mass is 16.3. The van der Waals surface area contributed by atoms with Crippen LogP contribution in [-0.4, -0.2) is 35.5 Å². The van der Waals surface area contributed by atoms with Crippen molar-refractivity contribution in [2.45, 2.75) is 25.5 Å². The third-order valence-corrected chi connectivity index (χ3v) is 2.30. The highest BCUT2D eigenvalue weighted by molar-refractivity contribution is 5.15. The molecule has 0 spiro atoms. The van der Waals surface area contributed by atoms with Crippen molar-refractivity contribution in [2.75, 3.05) is 13.2 Å². The third kappa shape index (κ3) is 4.93. The molecule has 84 valence electrons. The minimum Gasteiger partial charge on any atom is -0.394 e. The standard InChI is InChI=1S/C12H19NO2/c1-10(13-8-12(15)9-14)7-11-5-3-2-4-6-11/h2-6,10,12-15H,7-9H2,1H3/t10?,12-/m0/s1. The summed E-state index contributed by atoms with van der Waals surface area (Å²) in [5.41, 5.74) is 1.27. The van der Waals surface area contributed by atoms with Crippen LogP contribution in [0.3, 0.4) is 0 Å². The van der Waals surface area contributed by atoms with Crippen LogP contribution in [0.25, 0.3) is 0 Å². The van der Waals surface area contributed by atoms with E-state index in [9.17, 15) is 0 Å². The summed E-state index contributed by atoms with van der Waals surface area (Å²) in [5, 5.41) is 21.0. The molecule has 15 heavy (non-hydrogen) atoms. The SMILES string of the molecule is CC(Cc1ccccc1)NC[C@H](O)CO. The second-order valence-electron chi connectivity index (χ2n) is 3.84. The summed E-state index contributed by atoms with van der Waals surface area (Å²) < 4.78 is 0. The predicted molar refractivity (Wildman–Crippen MR) is 60.7 cm³/mol. The fraction of sp³-hybridized carbons (Fsp3) is 0.500. The van der Waals surface area contributed by atoms with Gasteiger partial charge in [0.05, 0.1) is 12.7 Å². The summed E-state index contributed by atoms with van der Waals surface area (Å²) in [7, 11) is 0. The minimum absolute atomic E-state index is 0.189. The van der Waals surface area contributed by atoms with E-state index >= 15 is 0 Å². The highest BCUT2D eigenvalue weighted by Gasteiger charge is 2.06. The van der Waals surface area contributed by atoms with E-state index in [2.05, 4.69) is 24.4 Å². The third-order valence-electron chi connectivity index (χ3n) is 2.30. The van der Waals surface area contributed by atoms with Crippen LogP contribution in [0.5, 0.6) is 0 Å². The van der Waals surface area contributed by atoms with E-state index in [-0.39, 0.29) is 6.61 Å². The van der Waals surface area contributed by atoms with Crippen LogP contribution in [-0.2, 0) is 6.42 Å². The van der Waals surface area contributed by atoms with Gasteiger partial charge in [-0.2, -0.15) is 0 Å². The molecule has 0 fully saturated rings. The van der Waals surface area contributed by atoms with Gasteiger partial charge in [-0.1, -0.05) is 30.3 Å². The van der Waals surface area contributed by atoms with Gasteiger partial charge in [0, 0.05) is 12.6 Å². The molecular formula is C12H19NO2. The largest absolute Gasteiger partial charge is 0.394 e.